The van der Waals surface area contributed by atoms with Crippen molar-refractivity contribution < 1.29 is 19.1 Å². The van der Waals surface area contributed by atoms with E-state index in [1.807, 2.05) is 39.0 Å². The third-order valence-electron chi connectivity index (χ3n) is 6.04. The first kappa shape index (κ1) is 21.4. The first-order valence-corrected chi connectivity index (χ1v) is 11.0. The van der Waals surface area contributed by atoms with Crippen molar-refractivity contribution in [3.8, 4) is 0 Å². The highest BCUT2D eigenvalue weighted by Crippen LogP contribution is 2.42. The minimum Gasteiger partial charge on any atom is -0.460 e. The number of hydrogen-bond acceptors (Lipinski definition) is 4. The molecule has 2 N–H and O–H groups in total. The summed E-state index contributed by atoms with van der Waals surface area (Å²) in [4.78, 5) is 44.0. The number of hydrogen-bond donors (Lipinski definition) is 2. The Bertz CT molecular complexity index is 1030. The van der Waals surface area contributed by atoms with Gasteiger partial charge in [0, 0.05) is 29.4 Å². The van der Waals surface area contributed by atoms with E-state index in [4.69, 9.17) is 4.74 Å². The molecule has 0 aliphatic carbocycles. The summed E-state index contributed by atoms with van der Waals surface area (Å²) in [5.41, 5.74) is 2.57. The molecule has 1 fully saturated rings. The third-order valence-corrected chi connectivity index (χ3v) is 6.04. The van der Waals surface area contributed by atoms with Crippen LogP contribution in [0.2, 0.25) is 0 Å². The van der Waals surface area contributed by atoms with Crippen molar-refractivity contribution >= 4 is 28.7 Å². The van der Waals surface area contributed by atoms with Crippen molar-refractivity contribution in [2.45, 2.75) is 77.6 Å². The fourth-order valence-corrected chi connectivity index (χ4v) is 4.84. The molecular weight excluding hydrogens is 394 g/mol. The quantitative estimate of drug-likeness (QED) is 0.736. The van der Waals surface area contributed by atoms with Gasteiger partial charge < -0.3 is 19.9 Å². The van der Waals surface area contributed by atoms with Crippen LogP contribution in [0.4, 0.5) is 0 Å². The molecule has 0 bridgehead atoms. The van der Waals surface area contributed by atoms with E-state index < -0.39 is 17.7 Å². The number of benzene rings is 1. The van der Waals surface area contributed by atoms with E-state index in [9.17, 15) is 14.4 Å². The number of fused-ring (bicyclic) bond motifs is 4. The predicted molar refractivity (Wildman–Crippen MR) is 117 cm³/mol. The van der Waals surface area contributed by atoms with Crippen LogP contribution in [0.3, 0.4) is 0 Å². The number of aromatic nitrogens is 1. The second-order valence-electron chi connectivity index (χ2n) is 9.90. The lowest BCUT2D eigenvalue weighted by molar-refractivity contribution is -0.158. The van der Waals surface area contributed by atoms with Gasteiger partial charge in [0.15, 0.2) is 0 Å². The number of carbonyl (C=O) groups excluding carboxylic acids is 3. The number of H-pyrrole nitrogens is 1. The molecule has 0 radical (unpaired) electrons. The Morgan fingerprint density at radius 2 is 1.94 bits per heavy atom. The first-order valence-electron chi connectivity index (χ1n) is 11.0. The second kappa shape index (κ2) is 7.70. The van der Waals surface area contributed by atoms with Gasteiger partial charge in [0.05, 0.1) is 6.04 Å². The van der Waals surface area contributed by atoms with Crippen LogP contribution in [0, 0.1) is 5.92 Å². The molecule has 3 heterocycles. The minimum absolute atomic E-state index is 0.0798. The fourth-order valence-electron chi connectivity index (χ4n) is 4.84. The summed E-state index contributed by atoms with van der Waals surface area (Å²) < 4.78 is 5.36. The number of rotatable bonds is 4. The van der Waals surface area contributed by atoms with Crippen LogP contribution in [-0.2, 0) is 25.5 Å². The maximum absolute atomic E-state index is 13.5. The van der Waals surface area contributed by atoms with Gasteiger partial charge in [-0.25, -0.2) is 0 Å². The van der Waals surface area contributed by atoms with Gasteiger partial charge in [0.25, 0.3) is 0 Å². The molecule has 2 aliphatic heterocycles. The molecule has 0 saturated carbocycles. The number of piperazine rings is 1. The number of amides is 2. The molecule has 7 heteroatoms. The fraction of sp³-hybridized carbons (Fsp3) is 0.542. The van der Waals surface area contributed by atoms with E-state index in [0.29, 0.717) is 6.42 Å². The molecule has 2 amide bonds. The van der Waals surface area contributed by atoms with Crippen LogP contribution in [0.15, 0.2) is 24.3 Å². The molecule has 31 heavy (non-hydrogen) atoms. The lowest BCUT2D eigenvalue weighted by atomic mass is 9.84. The zero-order valence-electron chi connectivity index (χ0n) is 18.8. The molecular formula is C24H31N3O4. The second-order valence-corrected chi connectivity index (χ2v) is 9.90. The SMILES string of the molecule is CC(C)C1c2[nH]c3ccccc3c2C[C@H]2C(=O)NC(CCC(=O)OC(C)(C)C)C(=O)N12. The third kappa shape index (κ3) is 3.93. The van der Waals surface area contributed by atoms with Gasteiger partial charge in [-0.1, -0.05) is 32.0 Å². The number of para-hydroxylation sites is 1. The van der Waals surface area contributed by atoms with Crippen LogP contribution in [0.1, 0.15) is 64.8 Å². The molecule has 2 aliphatic rings. The Morgan fingerprint density at radius 3 is 2.61 bits per heavy atom. The Hall–Kier alpha value is -2.83. The van der Waals surface area contributed by atoms with Crippen LogP contribution >= 0.6 is 0 Å². The number of esters is 1. The van der Waals surface area contributed by atoms with Gasteiger partial charge in [0.1, 0.15) is 17.7 Å². The Morgan fingerprint density at radius 1 is 1.23 bits per heavy atom. The molecule has 2 aromatic rings. The van der Waals surface area contributed by atoms with Crippen molar-refractivity contribution in [1.82, 2.24) is 15.2 Å². The molecule has 1 saturated heterocycles. The van der Waals surface area contributed by atoms with Gasteiger partial charge in [0.2, 0.25) is 11.8 Å². The van der Waals surface area contributed by atoms with Gasteiger partial charge in [-0.2, -0.15) is 0 Å². The molecule has 1 aromatic heterocycles. The lowest BCUT2D eigenvalue weighted by Crippen LogP contribution is -2.66. The van der Waals surface area contributed by atoms with Crippen molar-refractivity contribution in [1.29, 1.82) is 0 Å². The van der Waals surface area contributed by atoms with Crippen molar-refractivity contribution in [3.63, 3.8) is 0 Å². The minimum atomic E-state index is -0.719. The molecule has 1 aromatic carbocycles. The van der Waals surface area contributed by atoms with E-state index in [2.05, 4.69) is 30.2 Å². The van der Waals surface area contributed by atoms with Crippen LogP contribution in [0.25, 0.3) is 10.9 Å². The standard InChI is InChI=1S/C24H31N3O4/c1-13(2)21-20-15(14-8-6-7-9-16(14)25-20)12-18-22(29)26-17(23(30)27(18)21)10-11-19(28)31-24(3,4)5/h6-9,13,17-18,21,25H,10-12H2,1-5H3,(H,26,29)/t17?,18-,21?/m0/s1. The Kier molecular flexibility index (Phi) is 5.31. The molecule has 3 atom stereocenters. The highest BCUT2D eigenvalue weighted by molar-refractivity contribution is 5.99. The number of ether oxygens (including phenoxy) is 1. The first-order chi connectivity index (χ1) is 14.6. The highest BCUT2D eigenvalue weighted by atomic mass is 16.6. The molecule has 4 rings (SSSR count). The van der Waals surface area contributed by atoms with Crippen LogP contribution in [0.5, 0.6) is 0 Å². The number of nitrogens with one attached hydrogen (secondary N) is 2. The van der Waals surface area contributed by atoms with E-state index in [-0.39, 0.29) is 42.6 Å². The largest absolute Gasteiger partial charge is 0.460 e. The maximum atomic E-state index is 13.5. The Balaban J connectivity index is 1.62. The number of aromatic amines is 1. The van der Waals surface area contributed by atoms with E-state index in [1.165, 1.54) is 0 Å². The van der Waals surface area contributed by atoms with Crippen LogP contribution < -0.4 is 5.32 Å². The van der Waals surface area contributed by atoms with Gasteiger partial charge >= 0.3 is 5.97 Å². The Labute approximate surface area is 182 Å². The van der Waals surface area contributed by atoms with Crippen molar-refractivity contribution in [2.75, 3.05) is 0 Å². The average molecular weight is 426 g/mol. The number of nitrogens with zero attached hydrogens (tertiary/aromatic N) is 1. The lowest BCUT2D eigenvalue weighted by Gasteiger charge is -2.47. The predicted octanol–water partition coefficient (Wildman–Crippen LogP) is 3.24. The summed E-state index contributed by atoms with van der Waals surface area (Å²) in [6, 6.07) is 6.58. The topological polar surface area (TPSA) is 91.5 Å². The molecule has 166 valence electrons. The van der Waals surface area contributed by atoms with Crippen molar-refractivity contribution in [2.24, 2.45) is 5.92 Å². The molecule has 0 spiro atoms. The van der Waals surface area contributed by atoms with Gasteiger partial charge in [-0.3, -0.25) is 14.4 Å². The summed E-state index contributed by atoms with van der Waals surface area (Å²) in [6.07, 6.45) is 0.794. The van der Waals surface area contributed by atoms with E-state index >= 15 is 0 Å². The molecule has 2 unspecified atom stereocenters. The zero-order chi connectivity index (χ0) is 22.5. The normalized spacial score (nSPS) is 23.5. The summed E-state index contributed by atoms with van der Waals surface area (Å²) >= 11 is 0. The zero-order valence-corrected chi connectivity index (χ0v) is 18.8. The van der Waals surface area contributed by atoms with Gasteiger partial charge in [-0.15, -0.1) is 0 Å². The average Bonchev–Trinajstić information content (AvgIpc) is 3.04. The number of carbonyl (C=O) groups is 3. The summed E-state index contributed by atoms with van der Waals surface area (Å²) in [5, 5.41) is 3.97. The van der Waals surface area contributed by atoms with Crippen LogP contribution in [-0.4, -0.2) is 45.4 Å². The molecule has 7 nitrogen and oxygen atoms in total. The van der Waals surface area contributed by atoms with E-state index in [0.717, 1.165) is 22.2 Å². The summed E-state index contributed by atoms with van der Waals surface area (Å²) in [5.74, 6) is -0.531. The maximum Gasteiger partial charge on any atom is 0.306 e. The van der Waals surface area contributed by atoms with Crippen molar-refractivity contribution in [3.05, 3.63) is 35.5 Å². The smallest absolute Gasteiger partial charge is 0.306 e. The van der Waals surface area contributed by atoms with E-state index in [1.54, 1.807) is 4.90 Å². The summed E-state index contributed by atoms with van der Waals surface area (Å²) in [7, 11) is 0. The van der Waals surface area contributed by atoms with Gasteiger partial charge in [-0.05, 0) is 44.7 Å². The summed E-state index contributed by atoms with van der Waals surface area (Å²) in [6.45, 7) is 9.56. The monoisotopic (exact) mass is 425 g/mol. The highest BCUT2D eigenvalue weighted by Gasteiger charge is 2.49.